The van der Waals surface area contributed by atoms with Crippen LogP contribution in [0, 0.1) is 27.7 Å². The third-order valence-corrected chi connectivity index (χ3v) is 4.02. The summed E-state index contributed by atoms with van der Waals surface area (Å²) in [7, 11) is 0. The van der Waals surface area contributed by atoms with Crippen molar-refractivity contribution in [1.82, 2.24) is 19.6 Å². The van der Waals surface area contributed by atoms with Gasteiger partial charge in [-0.05, 0) is 52.7 Å². The minimum absolute atomic E-state index is 0.0410. The van der Waals surface area contributed by atoms with E-state index in [9.17, 15) is 9.59 Å². The Kier molecular flexibility index (Phi) is 6.06. The largest absolute Gasteiger partial charge is 0.273 e. The maximum absolute atomic E-state index is 12.1. The molecule has 0 saturated carbocycles. The monoisotopic (exact) mass is 330 g/mol. The highest BCUT2D eigenvalue weighted by atomic mass is 16.2. The molecule has 6 heteroatoms. The molecule has 2 heterocycles. The van der Waals surface area contributed by atoms with E-state index in [-0.39, 0.29) is 11.8 Å². The lowest BCUT2D eigenvalue weighted by Crippen LogP contribution is -2.14. The second-order valence-corrected chi connectivity index (χ2v) is 6.38. The number of hydrogen-bond acceptors (Lipinski definition) is 4. The Labute approximate surface area is 142 Å². The Hall–Kier alpha value is -2.24. The fourth-order valence-corrected chi connectivity index (χ4v) is 2.88. The van der Waals surface area contributed by atoms with Crippen molar-refractivity contribution in [2.45, 2.75) is 66.2 Å². The van der Waals surface area contributed by atoms with Gasteiger partial charge in [0.2, 0.25) is 11.8 Å². The van der Waals surface area contributed by atoms with Crippen molar-refractivity contribution in [2.75, 3.05) is 0 Å². The Bertz CT molecular complexity index is 665. The molecule has 0 saturated heterocycles. The Morgan fingerprint density at radius 2 is 1.12 bits per heavy atom. The lowest BCUT2D eigenvalue weighted by Gasteiger charge is -2.04. The Morgan fingerprint density at radius 3 is 1.42 bits per heavy atom. The van der Waals surface area contributed by atoms with Crippen molar-refractivity contribution in [1.29, 1.82) is 0 Å². The number of aromatic nitrogens is 4. The van der Waals surface area contributed by atoms with Crippen molar-refractivity contribution >= 4 is 11.8 Å². The Balaban J connectivity index is 1.65. The molecular weight excluding hydrogens is 304 g/mol. The minimum atomic E-state index is 0.0410. The van der Waals surface area contributed by atoms with E-state index in [1.54, 1.807) is 0 Å². The first kappa shape index (κ1) is 18.1. The predicted octanol–water partition coefficient (Wildman–Crippen LogP) is 3.63. The summed E-state index contributed by atoms with van der Waals surface area (Å²) in [6.45, 7) is 7.55. The molecule has 0 radical (unpaired) electrons. The van der Waals surface area contributed by atoms with E-state index in [1.807, 2.05) is 39.8 Å². The van der Waals surface area contributed by atoms with E-state index in [4.69, 9.17) is 0 Å². The van der Waals surface area contributed by atoms with Crippen LogP contribution in [0.4, 0.5) is 0 Å². The topological polar surface area (TPSA) is 69.8 Å². The third-order valence-electron chi connectivity index (χ3n) is 4.02. The van der Waals surface area contributed by atoms with E-state index in [0.717, 1.165) is 48.5 Å². The highest BCUT2D eigenvalue weighted by Crippen LogP contribution is 2.10. The number of nitrogens with zero attached hydrogens (tertiary/aromatic N) is 4. The van der Waals surface area contributed by atoms with E-state index >= 15 is 0 Å². The lowest BCUT2D eigenvalue weighted by atomic mass is 10.1. The van der Waals surface area contributed by atoms with Gasteiger partial charge in [0.05, 0.1) is 11.4 Å². The number of unbranched alkanes of at least 4 members (excludes halogenated alkanes) is 3. The number of rotatable bonds is 7. The maximum atomic E-state index is 12.1. The van der Waals surface area contributed by atoms with Gasteiger partial charge in [-0.25, -0.2) is 9.36 Å². The van der Waals surface area contributed by atoms with Crippen molar-refractivity contribution in [2.24, 2.45) is 0 Å². The summed E-state index contributed by atoms with van der Waals surface area (Å²) in [6, 6.07) is 3.81. The van der Waals surface area contributed by atoms with Gasteiger partial charge in [-0.1, -0.05) is 12.8 Å². The molecule has 0 aliphatic heterocycles. The SMILES string of the molecule is Cc1cc(C)n(C(=O)CCCCCCC(=O)n2nc(C)cc2C)n1. The van der Waals surface area contributed by atoms with Gasteiger partial charge in [-0.2, -0.15) is 10.2 Å². The quantitative estimate of drug-likeness (QED) is 0.727. The predicted molar refractivity (Wildman–Crippen MR) is 92.4 cm³/mol. The van der Waals surface area contributed by atoms with Crippen LogP contribution in [0.3, 0.4) is 0 Å². The molecular formula is C18H26N4O2. The van der Waals surface area contributed by atoms with Crippen LogP contribution in [0.2, 0.25) is 0 Å². The van der Waals surface area contributed by atoms with E-state index in [2.05, 4.69) is 10.2 Å². The van der Waals surface area contributed by atoms with E-state index < -0.39 is 0 Å². The van der Waals surface area contributed by atoms with Crippen LogP contribution in [0.25, 0.3) is 0 Å². The number of aryl methyl sites for hydroxylation is 4. The number of carbonyl (C=O) groups excluding carboxylic acids is 2. The van der Waals surface area contributed by atoms with Crippen molar-refractivity contribution in [3.05, 3.63) is 34.9 Å². The van der Waals surface area contributed by atoms with Crippen molar-refractivity contribution in [3.63, 3.8) is 0 Å². The molecule has 130 valence electrons. The molecule has 0 N–H and O–H groups in total. The summed E-state index contributed by atoms with van der Waals surface area (Å²) in [5, 5.41) is 8.41. The summed E-state index contributed by atoms with van der Waals surface area (Å²) in [5.41, 5.74) is 3.49. The standard InChI is InChI=1S/C18H26N4O2/c1-13-11-15(3)21(19-13)17(23)9-7-5-6-8-10-18(24)22-16(4)12-14(2)20-22/h11-12H,5-10H2,1-4H3. The second-order valence-electron chi connectivity index (χ2n) is 6.38. The average molecular weight is 330 g/mol. The minimum Gasteiger partial charge on any atom is -0.273 e. The first-order chi connectivity index (χ1) is 11.4. The van der Waals surface area contributed by atoms with Gasteiger partial charge in [-0.3, -0.25) is 9.59 Å². The van der Waals surface area contributed by atoms with Crippen LogP contribution in [0.1, 0.15) is 70.9 Å². The fourth-order valence-electron chi connectivity index (χ4n) is 2.88. The van der Waals surface area contributed by atoms with Crippen molar-refractivity contribution in [3.8, 4) is 0 Å². The number of hydrogen-bond donors (Lipinski definition) is 0. The maximum Gasteiger partial charge on any atom is 0.247 e. The lowest BCUT2D eigenvalue weighted by molar-refractivity contribution is 0.0866. The van der Waals surface area contributed by atoms with Crippen LogP contribution in [0.15, 0.2) is 12.1 Å². The molecule has 0 unspecified atom stereocenters. The molecule has 0 atom stereocenters. The molecule has 0 aliphatic carbocycles. The van der Waals surface area contributed by atoms with E-state index in [1.165, 1.54) is 9.36 Å². The molecule has 0 aromatic carbocycles. The zero-order valence-electron chi connectivity index (χ0n) is 15.0. The van der Waals surface area contributed by atoms with Crippen LogP contribution in [0.5, 0.6) is 0 Å². The van der Waals surface area contributed by atoms with Gasteiger partial charge < -0.3 is 0 Å². The highest BCUT2D eigenvalue weighted by molar-refractivity contribution is 5.79. The first-order valence-corrected chi connectivity index (χ1v) is 8.51. The molecule has 0 amide bonds. The molecule has 0 spiro atoms. The third kappa shape index (κ3) is 4.63. The van der Waals surface area contributed by atoms with Crippen molar-refractivity contribution < 1.29 is 9.59 Å². The van der Waals surface area contributed by atoms with Gasteiger partial charge in [-0.15, -0.1) is 0 Å². The summed E-state index contributed by atoms with van der Waals surface area (Å²) in [6.07, 6.45) is 4.52. The molecule has 6 nitrogen and oxygen atoms in total. The fraction of sp³-hybridized carbons (Fsp3) is 0.556. The zero-order valence-corrected chi connectivity index (χ0v) is 15.0. The van der Waals surface area contributed by atoms with Gasteiger partial charge >= 0.3 is 0 Å². The zero-order chi connectivity index (χ0) is 17.7. The van der Waals surface area contributed by atoms with Gasteiger partial charge in [0.25, 0.3) is 0 Å². The molecule has 0 fully saturated rings. The first-order valence-electron chi connectivity index (χ1n) is 8.51. The summed E-state index contributed by atoms with van der Waals surface area (Å²) >= 11 is 0. The summed E-state index contributed by atoms with van der Waals surface area (Å²) < 4.78 is 2.98. The average Bonchev–Trinajstić information content (AvgIpc) is 3.03. The van der Waals surface area contributed by atoms with Crippen LogP contribution in [-0.4, -0.2) is 31.4 Å². The Morgan fingerprint density at radius 1 is 0.750 bits per heavy atom. The summed E-state index contributed by atoms with van der Waals surface area (Å²) in [5.74, 6) is 0.0821. The molecule has 0 aliphatic rings. The van der Waals surface area contributed by atoms with Crippen LogP contribution in [-0.2, 0) is 0 Å². The smallest absolute Gasteiger partial charge is 0.247 e. The molecule has 2 aromatic rings. The van der Waals surface area contributed by atoms with E-state index in [0.29, 0.717) is 12.8 Å². The van der Waals surface area contributed by atoms with Gasteiger partial charge in [0, 0.05) is 24.2 Å². The van der Waals surface area contributed by atoms with Crippen LogP contribution >= 0.6 is 0 Å². The highest BCUT2D eigenvalue weighted by Gasteiger charge is 2.11. The normalized spacial score (nSPS) is 11.0. The molecule has 24 heavy (non-hydrogen) atoms. The summed E-state index contributed by atoms with van der Waals surface area (Å²) in [4.78, 5) is 24.2. The van der Waals surface area contributed by atoms with Gasteiger partial charge in [0.15, 0.2) is 0 Å². The van der Waals surface area contributed by atoms with Crippen LogP contribution < -0.4 is 0 Å². The molecule has 0 bridgehead atoms. The molecule has 2 rings (SSSR count). The molecule has 2 aromatic heterocycles. The number of carbonyl (C=O) groups is 2. The van der Waals surface area contributed by atoms with Gasteiger partial charge in [0.1, 0.15) is 0 Å². The second kappa shape index (κ2) is 8.04.